The smallest absolute Gasteiger partial charge is 0.246 e. The van der Waals surface area contributed by atoms with Crippen LogP contribution in [0.25, 0.3) is 0 Å². The number of nitrogens with one attached hydrogen (secondary N) is 1. The molecule has 0 aliphatic carbocycles. The van der Waals surface area contributed by atoms with Crippen LogP contribution in [0.2, 0.25) is 0 Å². The molecule has 1 fully saturated rings. The third-order valence-corrected chi connectivity index (χ3v) is 6.45. The summed E-state index contributed by atoms with van der Waals surface area (Å²) in [6.45, 7) is 6.68. The van der Waals surface area contributed by atoms with E-state index in [-0.39, 0.29) is 18.2 Å². The zero-order valence-corrected chi connectivity index (χ0v) is 17.9. The summed E-state index contributed by atoms with van der Waals surface area (Å²) in [7, 11) is 0.244. The van der Waals surface area contributed by atoms with Crippen LogP contribution in [0.5, 0.6) is 0 Å². The number of aliphatic imine (C=N–C) groups is 1. The first kappa shape index (κ1) is 22.2. The van der Waals surface area contributed by atoms with Gasteiger partial charge in [0.15, 0.2) is 5.96 Å². The van der Waals surface area contributed by atoms with Gasteiger partial charge in [-0.1, -0.05) is 0 Å². The molecule has 158 valence electrons. The van der Waals surface area contributed by atoms with E-state index >= 15 is 0 Å². The maximum Gasteiger partial charge on any atom is 0.246 e. The number of hydrogen-bond donors (Lipinski definition) is 1. The first-order valence-corrected chi connectivity index (χ1v) is 11.2. The Bertz CT molecular complexity index is 790. The molecule has 11 heteroatoms. The van der Waals surface area contributed by atoms with E-state index in [1.807, 2.05) is 25.1 Å². The summed E-state index contributed by atoms with van der Waals surface area (Å²) < 4.78 is 26.6. The van der Waals surface area contributed by atoms with Gasteiger partial charge in [0.25, 0.3) is 0 Å². The molecule has 1 saturated heterocycles. The number of hydrogen-bond acceptors (Lipinski definition) is 5. The summed E-state index contributed by atoms with van der Waals surface area (Å²) in [4.78, 5) is 20.8. The zero-order chi connectivity index (χ0) is 20.7. The Balaban J connectivity index is 1.93. The highest BCUT2D eigenvalue weighted by Crippen LogP contribution is 2.16. The van der Waals surface area contributed by atoms with E-state index in [2.05, 4.69) is 15.4 Å². The number of guanidine groups is 1. The van der Waals surface area contributed by atoms with Gasteiger partial charge < -0.3 is 15.1 Å². The summed E-state index contributed by atoms with van der Waals surface area (Å²) in [5.74, 6) is 0.778. The van der Waals surface area contributed by atoms with Gasteiger partial charge in [-0.2, -0.15) is 5.10 Å². The van der Waals surface area contributed by atoms with Gasteiger partial charge in [0.2, 0.25) is 15.9 Å². The van der Waals surface area contributed by atoms with Gasteiger partial charge in [0.05, 0.1) is 17.6 Å². The van der Waals surface area contributed by atoms with Crippen molar-refractivity contribution >= 4 is 27.6 Å². The van der Waals surface area contributed by atoms with Crippen LogP contribution < -0.4 is 10.2 Å². The number of aryl methyl sites for hydroxylation is 1. The van der Waals surface area contributed by atoms with Crippen molar-refractivity contribution in [2.24, 2.45) is 12.0 Å². The summed E-state index contributed by atoms with van der Waals surface area (Å²) in [6, 6.07) is 0. The lowest BCUT2D eigenvalue weighted by atomic mass is 10.3. The van der Waals surface area contributed by atoms with E-state index in [1.54, 1.807) is 29.7 Å². The molecule has 10 nitrogen and oxygen atoms in total. The van der Waals surface area contributed by atoms with Gasteiger partial charge >= 0.3 is 0 Å². The second kappa shape index (κ2) is 9.87. The predicted molar refractivity (Wildman–Crippen MR) is 110 cm³/mol. The van der Waals surface area contributed by atoms with Gasteiger partial charge in [-0.15, -0.1) is 0 Å². The van der Waals surface area contributed by atoms with Crippen molar-refractivity contribution in [1.82, 2.24) is 24.3 Å². The summed E-state index contributed by atoms with van der Waals surface area (Å²) in [5, 5.41) is 7.34. The fourth-order valence-electron chi connectivity index (χ4n) is 2.94. The highest BCUT2D eigenvalue weighted by molar-refractivity contribution is 7.89. The number of piperazine rings is 1. The molecule has 2 heterocycles. The molecule has 0 bridgehead atoms. The Morgan fingerprint density at radius 1 is 1.36 bits per heavy atom. The number of aromatic nitrogens is 2. The Hall–Kier alpha value is -2.14. The van der Waals surface area contributed by atoms with Gasteiger partial charge in [-0.25, -0.2) is 12.7 Å². The highest BCUT2D eigenvalue weighted by atomic mass is 32.2. The summed E-state index contributed by atoms with van der Waals surface area (Å²) in [6.07, 6.45) is 4.13. The lowest BCUT2D eigenvalue weighted by molar-refractivity contribution is -0.120. The number of sulfonamides is 1. The van der Waals surface area contributed by atoms with Crippen molar-refractivity contribution < 1.29 is 13.2 Å². The Labute approximate surface area is 167 Å². The van der Waals surface area contributed by atoms with Crippen LogP contribution >= 0.6 is 0 Å². The Morgan fingerprint density at radius 3 is 2.68 bits per heavy atom. The first-order chi connectivity index (χ1) is 13.3. The van der Waals surface area contributed by atoms with Gasteiger partial charge in [0, 0.05) is 53.0 Å². The summed E-state index contributed by atoms with van der Waals surface area (Å²) in [5.41, 5.74) is 0.800. The SMILES string of the molecule is CCNC(=NCCCN(C)S(=O)(=O)CC)N1CCN(c2cnn(C)c2)C(=O)C1. The first-order valence-electron chi connectivity index (χ1n) is 9.54. The van der Waals surface area contributed by atoms with Crippen molar-refractivity contribution in [3.63, 3.8) is 0 Å². The van der Waals surface area contributed by atoms with Crippen LogP contribution in [0.1, 0.15) is 20.3 Å². The molecule has 1 aromatic heterocycles. The van der Waals surface area contributed by atoms with E-state index in [1.165, 1.54) is 4.31 Å². The molecule has 28 heavy (non-hydrogen) atoms. The van der Waals surface area contributed by atoms with Crippen molar-refractivity contribution in [3.8, 4) is 0 Å². The molecule has 0 saturated carbocycles. The van der Waals surface area contributed by atoms with E-state index < -0.39 is 10.0 Å². The maximum atomic E-state index is 12.6. The number of nitrogens with zero attached hydrogens (tertiary/aromatic N) is 6. The normalized spacial score (nSPS) is 16.2. The van der Waals surface area contributed by atoms with Crippen molar-refractivity contribution in [2.75, 3.05) is 57.0 Å². The zero-order valence-electron chi connectivity index (χ0n) is 17.1. The van der Waals surface area contributed by atoms with E-state index in [4.69, 9.17) is 0 Å². The fraction of sp³-hybridized carbons (Fsp3) is 0.706. The maximum absolute atomic E-state index is 12.6. The third-order valence-electron chi connectivity index (χ3n) is 4.59. The van der Waals surface area contributed by atoms with Crippen LogP contribution in [0.15, 0.2) is 17.4 Å². The van der Waals surface area contributed by atoms with Crippen LogP contribution in [0.4, 0.5) is 5.69 Å². The van der Waals surface area contributed by atoms with Gasteiger partial charge in [-0.3, -0.25) is 14.5 Å². The molecule has 0 aromatic carbocycles. The van der Waals surface area contributed by atoms with Crippen LogP contribution in [-0.4, -0.2) is 91.3 Å². The minimum absolute atomic E-state index is 0.00127. The second-order valence-corrected chi connectivity index (χ2v) is 9.01. The summed E-state index contributed by atoms with van der Waals surface area (Å²) >= 11 is 0. The quantitative estimate of drug-likeness (QED) is 0.357. The van der Waals surface area contributed by atoms with E-state index in [9.17, 15) is 13.2 Å². The average molecular weight is 414 g/mol. The molecule has 1 aliphatic heterocycles. The predicted octanol–water partition coefficient (Wildman–Crippen LogP) is -0.294. The lowest BCUT2D eigenvalue weighted by Gasteiger charge is -2.35. The Kier molecular flexibility index (Phi) is 7.81. The fourth-order valence-corrected chi connectivity index (χ4v) is 3.79. The Morgan fingerprint density at radius 2 is 2.11 bits per heavy atom. The third kappa shape index (κ3) is 5.68. The molecule has 1 aliphatic rings. The minimum Gasteiger partial charge on any atom is -0.357 e. The number of rotatable bonds is 8. The minimum atomic E-state index is -3.17. The number of carbonyl (C=O) groups excluding carboxylic acids is 1. The van der Waals surface area contributed by atoms with Crippen molar-refractivity contribution in [1.29, 1.82) is 0 Å². The molecule has 1 aromatic rings. The molecule has 1 N–H and O–H groups in total. The molecule has 0 unspecified atom stereocenters. The van der Waals surface area contributed by atoms with Crippen LogP contribution in [0.3, 0.4) is 0 Å². The van der Waals surface area contributed by atoms with Gasteiger partial charge in [-0.05, 0) is 20.3 Å². The van der Waals surface area contributed by atoms with Crippen molar-refractivity contribution in [2.45, 2.75) is 20.3 Å². The molecule has 2 rings (SSSR count). The van der Waals surface area contributed by atoms with Gasteiger partial charge in [0.1, 0.15) is 6.54 Å². The molecule has 1 amide bonds. The molecule has 0 atom stereocenters. The standard InChI is InChI=1S/C17H31N7O3S/c1-5-18-17(19-8-7-9-22(4)28(26,27)6-2)23-10-11-24(16(25)14-23)15-12-20-21(3)13-15/h12-13H,5-11,14H2,1-4H3,(H,18,19). The topological polar surface area (TPSA) is 103 Å². The van der Waals surface area contributed by atoms with E-state index in [0.717, 1.165) is 5.69 Å². The lowest BCUT2D eigenvalue weighted by Crippen LogP contribution is -2.55. The molecular formula is C17H31N7O3S. The monoisotopic (exact) mass is 413 g/mol. The second-order valence-electron chi connectivity index (χ2n) is 6.65. The number of amides is 1. The average Bonchev–Trinajstić information content (AvgIpc) is 3.09. The molecule has 0 radical (unpaired) electrons. The van der Waals surface area contributed by atoms with Crippen molar-refractivity contribution in [3.05, 3.63) is 12.4 Å². The molecule has 0 spiro atoms. The highest BCUT2D eigenvalue weighted by Gasteiger charge is 2.27. The number of anilines is 1. The largest absolute Gasteiger partial charge is 0.357 e. The molecular weight excluding hydrogens is 382 g/mol. The van der Waals surface area contributed by atoms with Crippen LogP contribution in [-0.2, 0) is 21.9 Å². The van der Waals surface area contributed by atoms with E-state index in [0.29, 0.717) is 45.1 Å². The van der Waals surface area contributed by atoms with Crippen LogP contribution in [0, 0.1) is 0 Å². The number of carbonyl (C=O) groups is 1.